The predicted molar refractivity (Wildman–Crippen MR) is 155 cm³/mol. The van der Waals surface area contributed by atoms with Gasteiger partial charge in [-0.1, -0.05) is 57.5 Å². The summed E-state index contributed by atoms with van der Waals surface area (Å²) < 4.78 is 20.0. The number of carbonyl (C=O) groups excluding carboxylic acids is 5. The normalized spacial score (nSPS) is 23.6. The van der Waals surface area contributed by atoms with E-state index in [4.69, 9.17) is 4.74 Å². The summed E-state index contributed by atoms with van der Waals surface area (Å²) in [6.07, 6.45) is -0.903. The highest BCUT2D eigenvalue weighted by Crippen LogP contribution is 2.44. The van der Waals surface area contributed by atoms with E-state index in [2.05, 4.69) is 16.0 Å². The Bertz CT molecular complexity index is 1130. The van der Waals surface area contributed by atoms with Crippen molar-refractivity contribution in [2.45, 2.75) is 104 Å². The summed E-state index contributed by atoms with van der Waals surface area (Å²) in [5.41, 5.74) is 0.827. The molecule has 0 spiro atoms. The van der Waals surface area contributed by atoms with Crippen LogP contribution >= 0.6 is 0 Å². The van der Waals surface area contributed by atoms with Crippen LogP contribution in [-0.4, -0.2) is 71.4 Å². The number of amides is 4. The van der Waals surface area contributed by atoms with E-state index < -0.39 is 77.9 Å². The molecule has 2 unspecified atom stereocenters. The number of fused-ring (bicyclic) bond motifs is 1. The van der Waals surface area contributed by atoms with Gasteiger partial charge in [0.25, 0.3) is 5.91 Å². The molecular formula is C31H45FN4O6. The van der Waals surface area contributed by atoms with E-state index in [1.165, 1.54) is 4.90 Å². The molecule has 2 aliphatic rings. The van der Waals surface area contributed by atoms with Crippen LogP contribution in [0.1, 0.15) is 78.8 Å². The second kappa shape index (κ2) is 14.6. The van der Waals surface area contributed by atoms with Gasteiger partial charge in [-0.05, 0) is 57.4 Å². The smallest absolute Gasteiger partial charge is 0.408 e. The van der Waals surface area contributed by atoms with Gasteiger partial charge < -0.3 is 25.6 Å². The van der Waals surface area contributed by atoms with Crippen LogP contribution in [0.3, 0.4) is 0 Å². The fourth-order valence-electron chi connectivity index (χ4n) is 5.96. The minimum Gasteiger partial charge on any atom is -0.447 e. The van der Waals surface area contributed by atoms with Gasteiger partial charge >= 0.3 is 6.09 Å². The first-order valence-electron chi connectivity index (χ1n) is 15.0. The Labute approximate surface area is 247 Å². The number of rotatable bonds is 12. The van der Waals surface area contributed by atoms with E-state index in [1.54, 1.807) is 34.6 Å². The van der Waals surface area contributed by atoms with E-state index in [9.17, 15) is 28.4 Å². The Kier molecular flexibility index (Phi) is 11.5. The van der Waals surface area contributed by atoms with E-state index in [-0.39, 0.29) is 25.3 Å². The topological polar surface area (TPSA) is 134 Å². The van der Waals surface area contributed by atoms with Gasteiger partial charge in [0, 0.05) is 12.5 Å². The molecule has 42 heavy (non-hydrogen) atoms. The molecule has 0 radical (unpaired) electrons. The zero-order chi connectivity index (χ0) is 31.1. The molecule has 2 fully saturated rings. The lowest BCUT2D eigenvalue weighted by Gasteiger charge is -2.32. The zero-order valence-corrected chi connectivity index (χ0v) is 25.4. The molecule has 4 amide bonds. The van der Waals surface area contributed by atoms with Crippen molar-refractivity contribution in [3.05, 3.63) is 35.9 Å². The molecule has 1 aliphatic carbocycles. The molecule has 1 aromatic carbocycles. The molecule has 7 atom stereocenters. The van der Waals surface area contributed by atoms with E-state index in [0.717, 1.165) is 5.56 Å². The second-order valence-electron chi connectivity index (χ2n) is 12.0. The Morgan fingerprint density at radius 1 is 0.952 bits per heavy atom. The SMILES string of the molecule is CCCC(NC(=O)[C@@H]1[C@@H]2CCC(F)[C@@H]2CN1C(=O)[C@@H](NC(=O)OC(C)C)C(C)C)C(=O)C(=O)N[C@@H](C)c1ccccc1. The largest absolute Gasteiger partial charge is 0.447 e. The van der Waals surface area contributed by atoms with E-state index in [1.807, 2.05) is 37.3 Å². The average molecular weight is 589 g/mol. The Morgan fingerprint density at radius 2 is 1.62 bits per heavy atom. The maximum atomic E-state index is 14.9. The van der Waals surface area contributed by atoms with Gasteiger partial charge in [0.15, 0.2) is 0 Å². The number of hydrogen-bond acceptors (Lipinski definition) is 6. The molecular weight excluding hydrogens is 543 g/mol. The van der Waals surface area contributed by atoms with Crippen molar-refractivity contribution in [2.75, 3.05) is 6.54 Å². The third-order valence-electron chi connectivity index (χ3n) is 8.12. The summed E-state index contributed by atoms with van der Waals surface area (Å²) in [6, 6.07) is 5.63. The lowest BCUT2D eigenvalue weighted by molar-refractivity contribution is -0.144. The van der Waals surface area contributed by atoms with Gasteiger partial charge in [0.2, 0.25) is 17.6 Å². The fourth-order valence-corrected chi connectivity index (χ4v) is 5.96. The Hall–Kier alpha value is -3.50. The number of nitrogens with one attached hydrogen (secondary N) is 3. The van der Waals surface area contributed by atoms with Crippen molar-refractivity contribution in [3.8, 4) is 0 Å². The molecule has 10 nitrogen and oxygen atoms in total. The lowest BCUT2D eigenvalue weighted by Crippen LogP contribution is -2.58. The third-order valence-corrected chi connectivity index (χ3v) is 8.12. The van der Waals surface area contributed by atoms with Crippen molar-refractivity contribution in [1.82, 2.24) is 20.9 Å². The number of hydrogen-bond donors (Lipinski definition) is 3. The summed E-state index contributed by atoms with van der Waals surface area (Å²) in [6.45, 7) is 10.5. The van der Waals surface area contributed by atoms with E-state index >= 15 is 0 Å². The number of benzene rings is 1. The average Bonchev–Trinajstić information content (AvgIpc) is 3.49. The van der Waals surface area contributed by atoms with Crippen LogP contribution < -0.4 is 16.0 Å². The molecule has 3 N–H and O–H groups in total. The highest BCUT2D eigenvalue weighted by Gasteiger charge is 2.54. The van der Waals surface area contributed by atoms with Crippen molar-refractivity contribution in [2.24, 2.45) is 17.8 Å². The molecule has 1 saturated carbocycles. The fraction of sp³-hybridized carbons (Fsp3) is 0.645. The number of likely N-dealkylation sites (tertiary alicyclic amines) is 1. The van der Waals surface area contributed by atoms with Crippen LogP contribution in [0.5, 0.6) is 0 Å². The zero-order valence-electron chi connectivity index (χ0n) is 25.4. The van der Waals surface area contributed by atoms with Crippen LogP contribution in [0.25, 0.3) is 0 Å². The highest BCUT2D eigenvalue weighted by molar-refractivity contribution is 6.38. The molecule has 232 valence electrons. The Balaban J connectivity index is 1.79. The number of halogens is 1. The quantitative estimate of drug-likeness (QED) is 0.320. The van der Waals surface area contributed by atoms with Crippen molar-refractivity contribution in [1.29, 1.82) is 0 Å². The maximum absolute atomic E-state index is 14.9. The van der Waals surface area contributed by atoms with E-state index in [0.29, 0.717) is 12.8 Å². The van der Waals surface area contributed by atoms with Crippen LogP contribution in [0.15, 0.2) is 30.3 Å². The second-order valence-corrected chi connectivity index (χ2v) is 12.0. The summed E-state index contributed by atoms with van der Waals surface area (Å²) in [5.74, 6) is -4.03. The first-order chi connectivity index (χ1) is 19.8. The number of alkyl carbamates (subject to hydrolysis) is 1. The first kappa shape index (κ1) is 33.0. The summed E-state index contributed by atoms with van der Waals surface area (Å²) >= 11 is 0. The summed E-state index contributed by atoms with van der Waals surface area (Å²) in [7, 11) is 0. The number of alkyl halides is 1. The van der Waals surface area contributed by atoms with Gasteiger partial charge in [-0.15, -0.1) is 0 Å². The van der Waals surface area contributed by atoms with Crippen LogP contribution in [0, 0.1) is 17.8 Å². The van der Waals surface area contributed by atoms with Gasteiger partial charge in [0.05, 0.1) is 18.2 Å². The maximum Gasteiger partial charge on any atom is 0.408 e. The van der Waals surface area contributed by atoms with Crippen LogP contribution in [0.2, 0.25) is 0 Å². The third kappa shape index (κ3) is 7.86. The number of nitrogens with zero attached hydrogens (tertiary/aromatic N) is 1. The van der Waals surface area contributed by atoms with Crippen molar-refractivity contribution < 1.29 is 33.1 Å². The number of Topliss-reactive ketones (excluding diaryl/α,β-unsaturated/α-hetero) is 1. The summed E-state index contributed by atoms with van der Waals surface area (Å²) in [4.78, 5) is 67.4. The first-order valence-corrected chi connectivity index (χ1v) is 15.0. The molecule has 1 aliphatic heterocycles. The Morgan fingerprint density at radius 3 is 2.21 bits per heavy atom. The predicted octanol–water partition coefficient (Wildman–Crippen LogP) is 3.45. The van der Waals surface area contributed by atoms with Crippen molar-refractivity contribution >= 4 is 29.6 Å². The van der Waals surface area contributed by atoms with Crippen LogP contribution in [0.4, 0.5) is 9.18 Å². The molecule has 0 aromatic heterocycles. The molecule has 0 bridgehead atoms. The minimum atomic E-state index is -1.17. The molecule has 11 heteroatoms. The number of ether oxygens (including phenoxy) is 1. The number of carbonyl (C=O) groups is 5. The standard InChI is InChI=1S/C31H45FN4O6/c1-7-11-24(27(37)29(39)33-19(6)20-12-9-8-10-13-20)34-28(38)26-21-14-15-23(32)22(21)16-36(26)30(40)25(17(2)3)35-31(41)42-18(4)5/h8-10,12-13,17-19,21-26H,7,11,14-16H2,1-6H3,(H,33,39)(H,34,38)(H,35,41)/t19-,21+,22+,23?,24?,25-,26-/m0/s1. The monoisotopic (exact) mass is 588 g/mol. The minimum absolute atomic E-state index is 0.0222. The van der Waals surface area contributed by atoms with Gasteiger partial charge in [-0.3, -0.25) is 19.2 Å². The highest BCUT2D eigenvalue weighted by atomic mass is 19.1. The molecule has 1 aromatic rings. The number of ketones is 1. The summed E-state index contributed by atoms with van der Waals surface area (Å²) in [5, 5.41) is 8.03. The van der Waals surface area contributed by atoms with Gasteiger partial charge in [0.1, 0.15) is 18.3 Å². The molecule has 1 heterocycles. The van der Waals surface area contributed by atoms with Crippen molar-refractivity contribution in [3.63, 3.8) is 0 Å². The lowest BCUT2D eigenvalue weighted by atomic mass is 9.92. The van der Waals surface area contributed by atoms with Gasteiger partial charge in [-0.2, -0.15) is 0 Å². The van der Waals surface area contributed by atoms with Crippen LogP contribution in [-0.2, 0) is 23.9 Å². The molecule has 3 rings (SSSR count). The van der Waals surface area contributed by atoms with Gasteiger partial charge in [-0.25, -0.2) is 9.18 Å². The molecule has 1 saturated heterocycles.